The molecule has 0 unspecified atom stereocenters. The lowest BCUT2D eigenvalue weighted by Gasteiger charge is -2.25. The molecule has 0 radical (unpaired) electrons. The molecule has 0 N–H and O–H groups in total. The lowest BCUT2D eigenvalue weighted by molar-refractivity contribution is 0.340. The number of fused-ring (bicyclic) bond motifs is 1. The summed E-state index contributed by atoms with van der Waals surface area (Å²) in [5, 5.41) is 0. The van der Waals surface area contributed by atoms with Gasteiger partial charge in [-0.3, -0.25) is 9.36 Å². The highest BCUT2D eigenvalue weighted by Crippen LogP contribution is 2.20. The molecular weight excluding hydrogens is 374 g/mol. The van der Waals surface area contributed by atoms with Crippen LogP contribution in [0.1, 0.15) is 12.5 Å². The van der Waals surface area contributed by atoms with Crippen molar-refractivity contribution in [3.05, 3.63) is 73.8 Å². The van der Waals surface area contributed by atoms with Gasteiger partial charge in [-0.25, -0.2) is 4.99 Å². The maximum atomic E-state index is 12.9. The Morgan fingerprint density at radius 3 is 2.50 bits per heavy atom. The topological polar surface area (TPSA) is 56.1 Å². The van der Waals surface area contributed by atoms with Crippen LogP contribution in [0.5, 0.6) is 11.5 Å². The van der Waals surface area contributed by atoms with E-state index in [1.165, 1.54) is 11.3 Å². The van der Waals surface area contributed by atoms with Gasteiger partial charge in [0.1, 0.15) is 24.8 Å². The molecule has 0 atom stereocenters. The summed E-state index contributed by atoms with van der Waals surface area (Å²) in [6.45, 7) is 3.59. The van der Waals surface area contributed by atoms with Gasteiger partial charge in [0.15, 0.2) is 4.80 Å². The van der Waals surface area contributed by atoms with Crippen molar-refractivity contribution in [3.63, 3.8) is 0 Å². The molecule has 1 aliphatic heterocycles. The molecule has 144 valence electrons. The van der Waals surface area contributed by atoms with Gasteiger partial charge in [-0.2, -0.15) is 0 Å². The zero-order chi connectivity index (χ0) is 19.5. The molecule has 0 aliphatic carbocycles. The molecule has 0 fully saturated rings. The van der Waals surface area contributed by atoms with Gasteiger partial charge < -0.3 is 14.4 Å². The largest absolute Gasteiger partial charge is 0.497 e. The van der Waals surface area contributed by atoms with Gasteiger partial charge >= 0.3 is 0 Å². The second kappa shape index (κ2) is 7.90. The maximum absolute atomic E-state index is 12.9. The molecule has 1 aromatic heterocycles. The minimum atomic E-state index is -0.0177. The van der Waals surface area contributed by atoms with Crippen LogP contribution in [0, 0.1) is 0 Å². The van der Waals surface area contributed by atoms with E-state index in [9.17, 15) is 4.79 Å². The van der Waals surface area contributed by atoms with Gasteiger partial charge in [0, 0.05) is 5.69 Å². The van der Waals surface area contributed by atoms with Crippen molar-refractivity contribution in [2.45, 2.75) is 13.6 Å². The molecule has 2 aromatic carbocycles. The number of rotatable bonds is 5. The van der Waals surface area contributed by atoms with E-state index >= 15 is 0 Å². The Hall–Kier alpha value is -3.06. The van der Waals surface area contributed by atoms with E-state index in [2.05, 4.69) is 9.89 Å². The number of hydrogen-bond donors (Lipinski definition) is 0. The first-order chi connectivity index (χ1) is 13.7. The minimum Gasteiger partial charge on any atom is -0.497 e. The summed E-state index contributed by atoms with van der Waals surface area (Å²) < 4.78 is 13.1. The zero-order valence-corrected chi connectivity index (χ0v) is 16.6. The lowest BCUT2D eigenvalue weighted by Crippen LogP contribution is -2.42. The molecule has 2 heterocycles. The first-order valence-electron chi connectivity index (χ1n) is 9.05. The summed E-state index contributed by atoms with van der Waals surface area (Å²) in [6.07, 6.45) is 1.90. The quantitative estimate of drug-likeness (QED) is 0.665. The van der Waals surface area contributed by atoms with Crippen LogP contribution >= 0.6 is 11.3 Å². The van der Waals surface area contributed by atoms with Crippen LogP contribution in [0.25, 0.3) is 6.08 Å². The summed E-state index contributed by atoms with van der Waals surface area (Å²) in [7, 11) is 1.64. The molecule has 4 rings (SSSR count). The van der Waals surface area contributed by atoms with Crippen LogP contribution in [0.4, 0.5) is 5.69 Å². The SMILES string of the molecule is CCOc1ccc(/C=c2\sc3n(c2=O)CN(c2ccc(OC)cc2)CN=3)cc1. The van der Waals surface area contributed by atoms with Crippen molar-refractivity contribution in [1.82, 2.24) is 4.57 Å². The number of nitrogens with zero attached hydrogens (tertiary/aromatic N) is 3. The molecule has 7 heteroatoms. The van der Waals surface area contributed by atoms with E-state index < -0.39 is 0 Å². The third kappa shape index (κ3) is 3.66. The molecule has 0 amide bonds. The highest BCUT2D eigenvalue weighted by molar-refractivity contribution is 7.07. The third-order valence-corrected chi connectivity index (χ3v) is 5.55. The Bertz CT molecular complexity index is 1130. The fraction of sp³-hybridized carbons (Fsp3) is 0.238. The van der Waals surface area contributed by atoms with Gasteiger partial charge in [-0.1, -0.05) is 23.5 Å². The van der Waals surface area contributed by atoms with Crippen molar-refractivity contribution in [1.29, 1.82) is 0 Å². The molecule has 3 aromatic rings. The monoisotopic (exact) mass is 395 g/mol. The zero-order valence-electron chi connectivity index (χ0n) is 15.8. The van der Waals surface area contributed by atoms with Crippen molar-refractivity contribution < 1.29 is 9.47 Å². The normalized spacial score (nSPS) is 13.8. The minimum absolute atomic E-state index is 0.0177. The number of thiazole rings is 1. The predicted octanol–water partition coefficient (Wildman–Crippen LogP) is 2.20. The standard InChI is InChI=1S/C21H21N3O3S/c1-3-27-18-8-4-15(5-9-18)12-19-20(25)24-14-23(13-22-21(24)28-19)16-6-10-17(26-2)11-7-16/h4-12H,3,13-14H2,1-2H3/b19-12-. The molecule has 0 saturated carbocycles. The molecule has 0 bridgehead atoms. The van der Waals surface area contributed by atoms with Crippen molar-refractivity contribution in [3.8, 4) is 11.5 Å². The number of aromatic nitrogens is 1. The Morgan fingerprint density at radius 2 is 1.82 bits per heavy atom. The molecule has 6 nitrogen and oxygen atoms in total. The van der Waals surface area contributed by atoms with Gasteiger partial charge in [0.05, 0.1) is 18.2 Å². The third-order valence-electron chi connectivity index (χ3n) is 4.50. The molecule has 0 saturated heterocycles. The molecule has 0 spiro atoms. The van der Waals surface area contributed by atoms with Crippen LogP contribution in [-0.4, -0.2) is 25.0 Å². The first kappa shape index (κ1) is 18.3. The average molecular weight is 395 g/mol. The number of benzene rings is 2. The molecular formula is C21H21N3O3S. The predicted molar refractivity (Wildman–Crippen MR) is 111 cm³/mol. The number of methoxy groups -OCH3 is 1. The second-order valence-corrected chi connectivity index (χ2v) is 7.32. The average Bonchev–Trinajstić information content (AvgIpc) is 3.04. The van der Waals surface area contributed by atoms with Crippen LogP contribution in [0.2, 0.25) is 0 Å². The van der Waals surface area contributed by atoms with Gasteiger partial charge in [0.2, 0.25) is 0 Å². The van der Waals surface area contributed by atoms with E-state index in [-0.39, 0.29) is 5.56 Å². The smallest absolute Gasteiger partial charge is 0.271 e. The number of hydrogen-bond acceptors (Lipinski definition) is 6. The maximum Gasteiger partial charge on any atom is 0.271 e. The first-order valence-corrected chi connectivity index (χ1v) is 9.87. The lowest BCUT2D eigenvalue weighted by atomic mass is 10.2. The van der Waals surface area contributed by atoms with E-state index in [1.807, 2.05) is 61.5 Å². The molecule has 1 aliphatic rings. The Morgan fingerprint density at radius 1 is 1.11 bits per heavy atom. The van der Waals surface area contributed by atoms with Crippen molar-refractivity contribution in [2.75, 3.05) is 25.3 Å². The van der Waals surface area contributed by atoms with Crippen molar-refractivity contribution in [2.24, 2.45) is 4.99 Å². The Kier molecular flexibility index (Phi) is 5.16. The summed E-state index contributed by atoms with van der Waals surface area (Å²) in [5.41, 5.74) is 1.95. The van der Waals surface area contributed by atoms with Gasteiger partial charge in [-0.15, -0.1) is 0 Å². The Labute approximate surface area is 166 Å². The van der Waals surface area contributed by atoms with Gasteiger partial charge in [-0.05, 0) is 55.0 Å². The van der Waals surface area contributed by atoms with Crippen LogP contribution in [0.3, 0.4) is 0 Å². The number of anilines is 1. The van der Waals surface area contributed by atoms with Crippen LogP contribution in [0.15, 0.2) is 58.3 Å². The van der Waals surface area contributed by atoms with E-state index in [1.54, 1.807) is 11.7 Å². The number of ether oxygens (including phenoxy) is 2. The summed E-state index contributed by atoms with van der Waals surface area (Å²) in [6, 6.07) is 15.5. The molecule has 28 heavy (non-hydrogen) atoms. The van der Waals surface area contributed by atoms with Crippen LogP contribution < -0.4 is 29.3 Å². The second-order valence-electron chi connectivity index (χ2n) is 6.31. The Balaban J connectivity index is 1.61. The fourth-order valence-corrected chi connectivity index (χ4v) is 4.01. The fourth-order valence-electron chi connectivity index (χ4n) is 3.05. The highest BCUT2D eigenvalue weighted by Gasteiger charge is 2.16. The van der Waals surface area contributed by atoms with Crippen molar-refractivity contribution >= 4 is 23.1 Å². The highest BCUT2D eigenvalue weighted by atomic mass is 32.1. The summed E-state index contributed by atoms with van der Waals surface area (Å²) in [5.74, 6) is 1.63. The van der Waals surface area contributed by atoms with E-state index in [0.29, 0.717) is 24.5 Å². The van der Waals surface area contributed by atoms with E-state index in [4.69, 9.17) is 9.47 Å². The summed E-state index contributed by atoms with van der Waals surface area (Å²) >= 11 is 1.42. The van der Waals surface area contributed by atoms with Crippen LogP contribution in [-0.2, 0) is 6.67 Å². The van der Waals surface area contributed by atoms with Gasteiger partial charge in [0.25, 0.3) is 5.56 Å². The van der Waals surface area contributed by atoms with E-state index in [0.717, 1.165) is 27.6 Å². The summed E-state index contributed by atoms with van der Waals surface area (Å²) in [4.78, 5) is 20.3.